The first-order valence-electron chi connectivity index (χ1n) is 11.9. The maximum atomic E-state index is 10.2. The molecule has 0 amide bonds. The van der Waals surface area contributed by atoms with Crippen LogP contribution in [0.15, 0.2) is 42.7 Å². The molecule has 8 nitrogen and oxygen atoms in total. The number of aliphatic hydroxyl groups excluding tert-OH is 1. The van der Waals surface area contributed by atoms with Crippen LogP contribution in [0.2, 0.25) is 0 Å². The summed E-state index contributed by atoms with van der Waals surface area (Å²) in [6, 6.07) is 10.2. The third-order valence-electron chi connectivity index (χ3n) is 7.09. The lowest BCUT2D eigenvalue weighted by atomic mass is 10.0. The van der Waals surface area contributed by atoms with E-state index in [1.54, 1.807) is 26.2 Å². The zero-order valence-corrected chi connectivity index (χ0v) is 20.1. The molecular weight excluding hydrogens is 428 g/mol. The number of nitrogens with zero attached hydrogens (tertiary/aromatic N) is 6. The fourth-order valence-corrected chi connectivity index (χ4v) is 4.90. The predicted octanol–water partition coefficient (Wildman–Crippen LogP) is 2.74. The number of piperazine rings is 1. The van der Waals surface area contributed by atoms with Gasteiger partial charge in [-0.25, -0.2) is 4.98 Å². The minimum absolute atomic E-state index is 0.0133. The van der Waals surface area contributed by atoms with Gasteiger partial charge in [0.2, 0.25) is 0 Å². The van der Waals surface area contributed by atoms with Crippen LogP contribution >= 0.6 is 0 Å². The Morgan fingerprint density at radius 2 is 1.79 bits per heavy atom. The fourth-order valence-electron chi connectivity index (χ4n) is 4.90. The third kappa shape index (κ3) is 4.23. The van der Waals surface area contributed by atoms with Crippen molar-refractivity contribution in [2.75, 3.05) is 29.4 Å². The third-order valence-corrected chi connectivity index (χ3v) is 7.09. The standard InChI is InChI=1S/C26H32N6O2/c1-18-20(16-33)21(13-19-7-5-4-6-8-19)29-30-24(18)31-11-12-32(26(17-31)9-10-26)23-15-27-22(14-28-23)25(2,3)34/h4-8,14-15,33-34H,9-13,16-17H2,1-3H3. The number of rotatable bonds is 6. The topological polar surface area (TPSA) is 98.5 Å². The molecule has 1 saturated carbocycles. The smallest absolute Gasteiger partial charge is 0.154 e. The van der Waals surface area contributed by atoms with Gasteiger partial charge in [-0.15, -0.1) is 5.10 Å². The van der Waals surface area contributed by atoms with Gasteiger partial charge in [-0.1, -0.05) is 30.3 Å². The van der Waals surface area contributed by atoms with Crippen LogP contribution in [-0.4, -0.2) is 55.6 Å². The van der Waals surface area contributed by atoms with Gasteiger partial charge >= 0.3 is 0 Å². The lowest BCUT2D eigenvalue weighted by molar-refractivity contribution is 0.0734. The van der Waals surface area contributed by atoms with Gasteiger partial charge in [-0.3, -0.25) is 4.98 Å². The molecule has 1 aliphatic carbocycles. The average molecular weight is 461 g/mol. The highest BCUT2D eigenvalue weighted by atomic mass is 16.3. The van der Waals surface area contributed by atoms with Gasteiger partial charge in [0, 0.05) is 37.2 Å². The zero-order valence-electron chi connectivity index (χ0n) is 20.1. The van der Waals surface area contributed by atoms with Crippen LogP contribution in [0.25, 0.3) is 0 Å². The van der Waals surface area contributed by atoms with Gasteiger partial charge in [0.05, 0.1) is 35.9 Å². The van der Waals surface area contributed by atoms with E-state index in [2.05, 4.69) is 42.1 Å². The van der Waals surface area contributed by atoms with Gasteiger partial charge in [-0.05, 0) is 39.2 Å². The van der Waals surface area contributed by atoms with Crippen molar-refractivity contribution >= 4 is 11.6 Å². The Hall–Kier alpha value is -3.10. The number of hydrogen-bond acceptors (Lipinski definition) is 8. The van der Waals surface area contributed by atoms with Gasteiger partial charge in [0.25, 0.3) is 0 Å². The molecule has 0 radical (unpaired) electrons. The molecule has 2 fully saturated rings. The molecule has 1 aliphatic heterocycles. The Bertz CT molecular complexity index is 1160. The van der Waals surface area contributed by atoms with Crippen LogP contribution in [0.3, 0.4) is 0 Å². The molecular formula is C26H32N6O2. The summed E-state index contributed by atoms with van der Waals surface area (Å²) in [5, 5.41) is 29.5. The minimum Gasteiger partial charge on any atom is -0.392 e. The molecule has 1 spiro atoms. The molecule has 2 aliphatic rings. The summed E-state index contributed by atoms with van der Waals surface area (Å²) in [4.78, 5) is 13.7. The van der Waals surface area contributed by atoms with Crippen molar-refractivity contribution in [3.8, 4) is 0 Å². The molecule has 0 bridgehead atoms. The second kappa shape index (κ2) is 8.60. The summed E-state index contributed by atoms with van der Waals surface area (Å²) in [7, 11) is 0. The Balaban J connectivity index is 1.36. The van der Waals surface area contributed by atoms with Gasteiger partial charge in [0.15, 0.2) is 5.82 Å². The first-order valence-corrected chi connectivity index (χ1v) is 11.9. The van der Waals surface area contributed by atoms with Crippen LogP contribution in [0.5, 0.6) is 0 Å². The van der Waals surface area contributed by atoms with E-state index >= 15 is 0 Å². The highest BCUT2D eigenvalue weighted by molar-refractivity contribution is 5.55. The molecule has 3 heterocycles. The molecule has 3 aromatic rings. The summed E-state index contributed by atoms with van der Waals surface area (Å²) in [5.74, 6) is 1.71. The highest BCUT2D eigenvalue weighted by Gasteiger charge is 2.52. The summed E-state index contributed by atoms with van der Waals surface area (Å²) in [6.07, 6.45) is 6.28. The Labute approximate surface area is 200 Å². The minimum atomic E-state index is -1.01. The maximum absolute atomic E-state index is 10.2. The summed E-state index contributed by atoms with van der Waals surface area (Å²) in [5.41, 5.74) is 3.43. The van der Waals surface area contributed by atoms with Crippen LogP contribution < -0.4 is 9.80 Å². The monoisotopic (exact) mass is 460 g/mol. The van der Waals surface area contributed by atoms with Crippen LogP contribution in [0.1, 0.15) is 54.8 Å². The van der Waals surface area contributed by atoms with Crippen molar-refractivity contribution in [3.05, 3.63) is 70.8 Å². The van der Waals surface area contributed by atoms with Crippen molar-refractivity contribution in [1.29, 1.82) is 0 Å². The Morgan fingerprint density at radius 3 is 2.41 bits per heavy atom. The van der Waals surface area contributed by atoms with Gasteiger partial charge in [0.1, 0.15) is 11.4 Å². The second-order valence-corrected chi connectivity index (χ2v) is 10.0. The first-order chi connectivity index (χ1) is 16.3. The number of benzene rings is 1. The molecule has 2 N–H and O–H groups in total. The van der Waals surface area contributed by atoms with E-state index in [0.29, 0.717) is 12.1 Å². The molecule has 34 heavy (non-hydrogen) atoms. The predicted molar refractivity (Wildman–Crippen MR) is 131 cm³/mol. The van der Waals surface area contributed by atoms with E-state index in [9.17, 15) is 10.2 Å². The van der Waals surface area contributed by atoms with Gasteiger partial charge in [-0.2, -0.15) is 5.10 Å². The molecule has 1 aromatic carbocycles. The van der Waals surface area contributed by atoms with E-state index in [1.165, 1.54) is 0 Å². The van der Waals surface area contributed by atoms with E-state index < -0.39 is 5.60 Å². The molecule has 0 atom stereocenters. The average Bonchev–Trinajstić information content (AvgIpc) is 3.59. The number of hydrogen-bond donors (Lipinski definition) is 2. The van der Waals surface area contributed by atoms with E-state index in [0.717, 1.165) is 66.5 Å². The maximum Gasteiger partial charge on any atom is 0.154 e. The summed E-state index contributed by atoms with van der Waals surface area (Å²) >= 11 is 0. The molecule has 2 aromatic heterocycles. The Morgan fingerprint density at radius 1 is 1.03 bits per heavy atom. The van der Waals surface area contributed by atoms with E-state index in [4.69, 9.17) is 0 Å². The largest absolute Gasteiger partial charge is 0.392 e. The van der Waals surface area contributed by atoms with Crippen molar-refractivity contribution in [1.82, 2.24) is 20.2 Å². The van der Waals surface area contributed by atoms with Crippen molar-refractivity contribution in [2.45, 2.75) is 57.8 Å². The number of aromatic nitrogens is 4. The van der Waals surface area contributed by atoms with E-state index in [-0.39, 0.29) is 12.1 Å². The van der Waals surface area contributed by atoms with Crippen molar-refractivity contribution < 1.29 is 10.2 Å². The van der Waals surface area contributed by atoms with Crippen molar-refractivity contribution in [3.63, 3.8) is 0 Å². The molecule has 8 heteroatoms. The lowest BCUT2D eigenvalue weighted by Gasteiger charge is -2.43. The molecule has 5 rings (SSSR count). The SMILES string of the molecule is Cc1c(N2CCN(c3cnc(C(C)(C)O)cn3)C3(CC3)C2)nnc(Cc2ccccc2)c1CO. The number of anilines is 2. The molecule has 0 unspecified atom stereocenters. The summed E-state index contributed by atoms with van der Waals surface area (Å²) in [6.45, 7) is 7.84. The lowest BCUT2D eigenvalue weighted by Crippen LogP contribution is -2.56. The summed E-state index contributed by atoms with van der Waals surface area (Å²) < 4.78 is 0. The van der Waals surface area contributed by atoms with Gasteiger partial charge < -0.3 is 20.0 Å². The highest BCUT2D eigenvalue weighted by Crippen LogP contribution is 2.46. The molecule has 1 saturated heterocycles. The van der Waals surface area contributed by atoms with E-state index in [1.807, 2.05) is 25.1 Å². The Kier molecular flexibility index (Phi) is 5.73. The van der Waals surface area contributed by atoms with Crippen LogP contribution in [0.4, 0.5) is 11.6 Å². The quantitative estimate of drug-likeness (QED) is 0.580. The zero-order chi connectivity index (χ0) is 23.9. The first kappa shape index (κ1) is 22.7. The second-order valence-electron chi connectivity index (χ2n) is 10.0. The van der Waals surface area contributed by atoms with Crippen molar-refractivity contribution in [2.24, 2.45) is 0 Å². The normalized spacial score (nSPS) is 17.3. The fraction of sp³-hybridized carbons (Fsp3) is 0.462. The molecule has 178 valence electrons. The van der Waals surface area contributed by atoms with Crippen LogP contribution in [-0.2, 0) is 18.6 Å². The van der Waals surface area contributed by atoms with Crippen LogP contribution in [0, 0.1) is 6.92 Å². The number of aliphatic hydroxyl groups is 2.